The Morgan fingerprint density at radius 3 is 2.84 bits per heavy atom. The SMILES string of the molecule is COC(=O)CN1CCN(c2nc(NCc3nc4ccc(Cl)cc4[nH]3)c3ncn(-c4ccoc4)c3n2)CC1. The number of fused-ring (bicyclic) bond motifs is 2. The molecule has 0 saturated carbocycles. The number of nitrogens with one attached hydrogen (secondary N) is 2. The highest BCUT2D eigenvalue weighted by atomic mass is 35.5. The van der Waals surface area contributed by atoms with Crippen LogP contribution in [0, 0.1) is 0 Å². The second-order valence-corrected chi connectivity index (χ2v) is 9.11. The Balaban J connectivity index is 1.30. The molecule has 1 aliphatic heterocycles. The molecule has 0 spiro atoms. The second kappa shape index (κ2) is 9.71. The van der Waals surface area contributed by atoms with E-state index < -0.39 is 0 Å². The van der Waals surface area contributed by atoms with Crippen molar-refractivity contribution < 1.29 is 13.9 Å². The van der Waals surface area contributed by atoms with Crippen molar-refractivity contribution in [3.63, 3.8) is 0 Å². The summed E-state index contributed by atoms with van der Waals surface area (Å²) in [7, 11) is 1.40. The average molecular weight is 522 g/mol. The molecule has 4 aromatic heterocycles. The summed E-state index contributed by atoms with van der Waals surface area (Å²) < 4.78 is 11.9. The van der Waals surface area contributed by atoms with Crippen LogP contribution in [-0.4, -0.2) is 80.2 Å². The molecular weight excluding hydrogens is 498 g/mol. The zero-order chi connectivity index (χ0) is 25.4. The number of aromatic amines is 1. The van der Waals surface area contributed by atoms with E-state index in [2.05, 4.69) is 30.1 Å². The van der Waals surface area contributed by atoms with Gasteiger partial charge in [-0.3, -0.25) is 14.3 Å². The zero-order valence-electron chi connectivity index (χ0n) is 20.0. The minimum atomic E-state index is -0.241. The third-order valence-electron chi connectivity index (χ3n) is 6.32. The quantitative estimate of drug-likeness (QED) is 0.308. The van der Waals surface area contributed by atoms with E-state index in [1.54, 1.807) is 18.9 Å². The van der Waals surface area contributed by atoms with Crippen molar-refractivity contribution in [3.8, 4) is 5.69 Å². The molecule has 6 rings (SSSR count). The molecule has 0 unspecified atom stereocenters. The van der Waals surface area contributed by atoms with Crippen LogP contribution in [0.1, 0.15) is 5.82 Å². The number of piperazine rings is 1. The zero-order valence-corrected chi connectivity index (χ0v) is 20.8. The van der Waals surface area contributed by atoms with E-state index in [1.165, 1.54) is 7.11 Å². The Morgan fingerprint density at radius 1 is 1.19 bits per heavy atom. The molecule has 0 bridgehead atoms. The first-order chi connectivity index (χ1) is 18.1. The molecule has 12 nitrogen and oxygen atoms in total. The molecule has 1 saturated heterocycles. The number of methoxy groups -OCH3 is 1. The van der Waals surface area contributed by atoms with Crippen LogP contribution in [0.15, 0.2) is 47.5 Å². The van der Waals surface area contributed by atoms with E-state index in [4.69, 9.17) is 30.7 Å². The number of esters is 1. The fourth-order valence-electron chi connectivity index (χ4n) is 4.38. The van der Waals surface area contributed by atoms with Gasteiger partial charge in [0.15, 0.2) is 17.0 Å². The van der Waals surface area contributed by atoms with Crippen LogP contribution in [0.5, 0.6) is 0 Å². The highest BCUT2D eigenvalue weighted by molar-refractivity contribution is 6.31. The number of anilines is 2. The summed E-state index contributed by atoms with van der Waals surface area (Å²) in [6.45, 7) is 3.41. The van der Waals surface area contributed by atoms with Gasteiger partial charge in [-0.05, 0) is 18.2 Å². The maximum Gasteiger partial charge on any atom is 0.319 e. The Bertz CT molecular complexity index is 1550. The number of carbonyl (C=O) groups is 1. The first-order valence-electron chi connectivity index (χ1n) is 11.8. The maximum absolute atomic E-state index is 11.7. The predicted molar refractivity (Wildman–Crippen MR) is 138 cm³/mol. The molecule has 190 valence electrons. The molecule has 37 heavy (non-hydrogen) atoms. The van der Waals surface area contributed by atoms with Crippen LogP contribution < -0.4 is 10.2 Å². The van der Waals surface area contributed by atoms with Gasteiger partial charge in [0.25, 0.3) is 0 Å². The highest BCUT2D eigenvalue weighted by Crippen LogP contribution is 2.26. The van der Waals surface area contributed by atoms with Gasteiger partial charge in [-0.15, -0.1) is 0 Å². The topological polar surface area (TPSA) is 130 Å². The van der Waals surface area contributed by atoms with Gasteiger partial charge in [0.2, 0.25) is 5.95 Å². The molecule has 5 heterocycles. The minimum absolute atomic E-state index is 0.241. The van der Waals surface area contributed by atoms with E-state index in [0.717, 1.165) is 22.5 Å². The summed E-state index contributed by atoms with van der Waals surface area (Å²) in [6, 6.07) is 7.39. The molecular formula is C24H24ClN9O3. The fourth-order valence-corrected chi connectivity index (χ4v) is 4.55. The molecule has 0 aliphatic carbocycles. The van der Waals surface area contributed by atoms with Crippen molar-refractivity contribution in [1.82, 2.24) is 34.4 Å². The monoisotopic (exact) mass is 521 g/mol. The van der Waals surface area contributed by atoms with Crippen molar-refractivity contribution in [2.75, 3.05) is 50.1 Å². The summed E-state index contributed by atoms with van der Waals surface area (Å²) >= 11 is 6.12. The van der Waals surface area contributed by atoms with E-state index in [0.29, 0.717) is 60.7 Å². The molecule has 1 aliphatic rings. The lowest BCUT2D eigenvalue weighted by Gasteiger charge is -2.34. The molecule has 0 atom stereocenters. The number of furan rings is 1. The smallest absolute Gasteiger partial charge is 0.319 e. The predicted octanol–water partition coefficient (Wildman–Crippen LogP) is 2.85. The Morgan fingerprint density at radius 2 is 2.05 bits per heavy atom. The van der Waals surface area contributed by atoms with E-state index in [9.17, 15) is 4.79 Å². The van der Waals surface area contributed by atoms with Gasteiger partial charge in [0.1, 0.15) is 18.4 Å². The molecule has 1 fully saturated rings. The van der Waals surface area contributed by atoms with Crippen LogP contribution in [0.25, 0.3) is 27.9 Å². The van der Waals surface area contributed by atoms with E-state index >= 15 is 0 Å². The number of hydrogen-bond acceptors (Lipinski definition) is 10. The third-order valence-corrected chi connectivity index (χ3v) is 6.56. The van der Waals surface area contributed by atoms with Gasteiger partial charge in [0, 0.05) is 37.3 Å². The lowest BCUT2D eigenvalue weighted by atomic mass is 10.3. The van der Waals surface area contributed by atoms with E-state index in [1.807, 2.05) is 28.8 Å². The largest absolute Gasteiger partial charge is 0.470 e. The van der Waals surface area contributed by atoms with Gasteiger partial charge in [-0.2, -0.15) is 9.97 Å². The lowest BCUT2D eigenvalue weighted by Crippen LogP contribution is -2.48. The maximum atomic E-state index is 11.7. The highest BCUT2D eigenvalue weighted by Gasteiger charge is 2.23. The van der Waals surface area contributed by atoms with Crippen molar-refractivity contribution in [3.05, 3.63) is 54.0 Å². The van der Waals surface area contributed by atoms with Gasteiger partial charge in [0.05, 0.1) is 43.2 Å². The fraction of sp³-hybridized carbons (Fsp3) is 0.292. The summed E-state index contributed by atoms with van der Waals surface area (Å²) in [5.41, 5.74) is 3.81. The van der Waals surface area contributed by atoms with Gasteiger partial charge in [-0.1, -0.05) is 11.6 Å². The first-order valence-corrected chi connectivity index (χ1v) is 12.1. The van der Waals surface area contributed by atoms with Crippen LogP contribution >= 0.6 is 11.6 Å². The summed E-state index contributed by atoms with van der Waals surface area (Å²) in [6.07, 6.45) is 4.95. The van der Waals surface area contributed by atoms with Gasteiger partial charge < -0.3 is 24.4 Å². The standard InChI is InChI=1S/C24H24ClN9O3/c1-36-20(35)12-32-5-7-33(8-6-32)24-30-22(21-23(31-24)34(14-27-21)16-4-9-37-13-16)26-11-19-28-17-3-2-15(25)10-18(17)29-19/h2-4,9-10,13-14H,5-8,11-12H2,1H3,(H,28,29)(H,26,30,31). The number of benzene rings is 1. The Hall–Kier alpha value is -4.16. The summed E-state index contributed by atoms with van der Waals surface area (Å²) in [5.74, 6) is 1.68. The number of ether oxygens (including phenoxy) is 1. The Kier molecular flexibility index (Phi) is 6.10. The van der Waals surface area contributed by atoms with Crippen molar-refractivity contribution in [1.29, 1.82) is 0 Å². The van der Waals surface area contributed by atoms with Crippen LogP contribution in [-0.2, 0) is 16.1 Å². The number of hydrogen-bond donors (Lipinski definition) is 2. The number of carbonyl (C=O) groups excluding carboxylic acids is 1. The minimum Gasteiger partial charge on any atom is -0.470 e. The molecule has 5 aromatic rings. The number of nitrogens with zero attached hydrogens (tertiary/aromatic N) is 7. The number of imidazole rings is 2. The van der Waals surface area contributed by atoms with Crippen molar-refractivity contribution in [2.45, 2.75) is 6.54 Å². The molecule has 13 heteroatoms. The number of halogens is 1. The average Bonchev–Trinajstić information content (AvgIpc) is 3.66. The first kappa shape index (κ1) is 23.3. The molecule has 0 radical (unpaired) electrons. The number of H-pyrrole nitrogens is 1. The van der Waals surface area contributed by atoms with Gasteiger partial charge >= 0.3 is 5.97 Å². The van der Waals surface area contributed by atoms with Crippen LogP contribution in [0.2, 0.25) is 5.02 Å². The Labute approximate surface area is 216 Å². The summed E-state index contributed by atoms with van der Waals surface area (Å²) in [5, 5.41) is 4.03. The molecule has 0 amide bonds. The second-order valence-electron chi connectivity index (χ2n) is 8.68. The normalized spacial score (nSPS) is 14.5. The lowest BCUT2D eigenvalue weighted by molar-refractivity contribution is -0.142. The van der Waals surface area contributed by atoms with E-state index in [-0.39, 0.29) is 12.5 Å². The van der Waals surface area contributed by atoms with Gasteiger partial charge in [-0.25, -0.2) is 9.97 Å². The number of rotatable bonds is 7. The third kappa shape index (κ3) is 4.68. The van der Waals surface area contributed by atoms with Crippen LogP contribution in [0.3, 0.4) is 0 Å². The molecule has 2 N–H and O–H groups in total. The van der Waals surface area contributed by atoms with Crippen molar-refractivity contribution in [2.24, 2.45) is 0 Å². The summed E-state index contributed by atoms with van der Waals surface area (Å²) in [4.78, 5) is 38.0. The number of aromatic nitrogens is 6. The van der Waals surface area contributed by atoms with Crippen molar-refractivity contribution >= 4 is 51.5 Å². The molecule has 1 aromatic carbocycles. The van der Waals surface area contributed by atoms with Crippen LogP contribution in [0.4, 0.5) is 11.8 Å².